The minimum absolute atomic E-state index is 0.0227. The zero-order chi connectivity index (χ0) is 14.2. The number of ether oxygens (including phenoxy) is 1. The molecule has 1 atom stereocenters. The first-order valence-electron chi connectivity index (χ1n) is 6.66. The summed E-state index contributed by atoms with van der Waals surface area (Å²) in [5.41, 5.74) is -0.221. The largest absolute Gasteiger partial charge is 0.379 e. The number of morpholine rings is 1. The van der Waals surface area contributed by atoms with Crippen LogP contribution in [0.4, 0.5) is 0 Å². The van der Waals surface area contributed by atoms with Crippen LogP contribution in [0.25, 0.3) is 0 Å². The van der Waals surface area contributed by atoms with Crippen LogP contribution in [-0.2, 0) is 20.1 Å². The molecule has 2 heterocycles. The van der Waals surface area contributed by atoms with E-state index in [0.29, 0.717) is 43.2 Å². The predicted octanol–water partition coefficient (Wildman–Crippen LogP) is 0.915. The number of benzene rings is 1. The Morgan fingerprint density at radius 2 is 1.95 bits per heavy atom. The van der Waals surface area contributed by atoms with Crippen molar-refractivity contribution >= 4 is 9.84 Å². The second-order valence-electron chi connectivity index (χ2n) is 5.14. The Morgan fingerprint density at radius 3 is 2.65 bits per heavy atom. The highest BCUT2D eigenvalue weighted by Crippen LogP contribution is 2.41. The lowest BCUT2D eigenvalue weighted by Crippen LogP contribution is -2.53. The number of nitrogens with zero attached hydrogens (tertiary/aromatic N) is 2. The highest BCUT2D eigenvalue weighted by molar-refractivity contribution is 7.91. The Balaban J connectivity index is 2.16. The maximum absolute atomic E-state index is 12.2. The molecule has 2 aliphatic heterocycles. The van der Waals surface area contributed by atoms with Gasteiger partial charge in [0.05, 0.1) is 29.9 Å². The lowest BCUT2D eigenvalue weighted by molar-refractivity contribution is -0.00765. The predicted molar refractivity (Wildman–Crippen MR) is 72.8 cm³/mol. The molecule has 0 amide bonds. The van der Waals surface area contributed by atoms with Crippen LogP contribution >= 0.6 is 0 Å². The first-order chi connectivity index (χ1) is 9.60. The lowest BCUT2D eigenvalue weighted by atomic mass is 9.86. The molecule has 0 radical (unpaired) electrons. The van der Waals surface area contributed by atoms with Crippen LogP contribution in [0.15, 0.2) is 29.2 Å². The van der Waals surface area contributed by atoms with Crippen LogP contribution in [0.3, 0.4) is 0 Å². The van der Waals surface area contributed by atoms with Crippen LogP contribution in [0, 0.1) is 11.3 Å². The maximum Gasteiger partial charge on any atom is 0.178 e. The van der Waals surface area contributed by atoms with Gasteiger partial charge < -0.3 is 4.74 Å². The molecule has 1 aromatic carbocycles. The minimum atomic E-state index is -3.27. The van der Waals surface area contributed by atoms with Crippen molar-refractivity contribution in [1.29, 1.82) is 5.26 Å². The summed E-state index contributed by atoms with van der Waals surface area (Å²) in [6.07, 6.45) is 0.322. The van der Waals surface area contributed by atoms with Crippen molar-refractivity contribution in [1.82, 2.24) is 4.90 Å². The molecule has 5 nitrogen and oxygen atoms in total. The van der Waals surface area contributed by atoms with Gasteiger partial charge in [-0.3, -0.25) is 4.90 Å². The molecule has 0 aliphatic carbocycles. The van der Waals surface area contributed by atoms with E-state index in [0.717, 1.165) is 0 Å². The zero-order valence-corrected chi connectivity index (χ0v) is 11.9. The van der Waals surface area contributed by atoms with E-state index in [1.807, 2.05) is 0 Å². The molecule has 0 spiro atoms. The van der Waals surface area contributed by atoms with Gasteiger partial charge in [0.2, 0.25) is 0 Å². The van der Waals surface area contributed by atoms with E-state index in [1.165, 1.54) is 0 Å². The third-order valence-electron chi connectivity index (χ3n) is 4.14. The van der Waals surface area contributed by atoms with Gasteiger partial charge in [0, 0.05) is 18.7 Å². The summed E-state index contributed by atoms with van der Waals surface area (Å²) in [5, 5.41) is 9.78. The Bertz CT molecular complexity index is 659. The average Bonchev–Trinajstić information content (AvgIpc) is 2.49. The normalized spacial score (nSPS) is 29.4. The fourth-order valence-corrected chi connectivity index (χ4v) is 4.71. The van der Waals surface area contributed by atoms with Gasteiger partial charge in [-0.05, 0) is 12.5 Å². The van der Waals surface area contributed by atoms with Crippen molar-refractivity contribution in [2.24, 2.45) is 0 Å². The Kier molecular flexibility index (Phi) is 3.28. The van der Waals surface area contributed by atoms with Crippen molar-refractivity contribution in [2.75, 3.05) is 32.1 Å². The van der Waals surface area contributed by atoms with E-state index in [-0.39, 0.29) is 5.75 Å². The summed E-state index contributed by atoms with van der Waals surface area (Å²) in [7, 11) is -3.27. The molecule has 1 aromatic rings. The molecule has 1 unspecified atom stereocenters. The molecule has 106 valence electrons. The van der Waals surface area contributed by atoms with Gasteiger partial charge in [-0.25, -0.2) is 8.42 Å². The first-order valence-corrected chi connectivity index (χ1v) is 8.32. The van der Waals surface area contributed by atoms with Gasteiger partial charge in [-0.1, -0.05) is 18.2 Å². The highest BCUT2D eigenvalue weighted by atomic mass is 32.2. The summed E-state index contributed by atoms with van der Waals surface area (Å²) in [4.78, 5) is 2.36. The summed E-state index contributed by atoms with van der Waals surface area (Å²) in [6, 6.07) is 9.27. The minimum Gasteiger partial charge on any atom is -0.379 e. The van der Waals surface area contributed by atoms with Crippen LogP contribution in [0.5, 0.6) is 0 Å². The van der Waals surface area contributed by atoms with Gasteiger partial charge in [-0.2, -0.15) is 5.26 Å². The molecule has 0 aromatic heterocycles. The second kappa shape index (κ2) is 4.85. The molecule has 0 bridgehead atoms. The van der Waals surface area contributed by atoms with Gasteiger partial charge in [0.1, 0.15) is 5.54 Å². The fourth-order valence-electron chi connectivity index (χ4n) is 3.07. The quantitative estimate of drug-likeness (QED) is 0.769. The lowest BCUT2D eigenvalue weighted by Gasteiger charge is -2.43. The molecule has 2 aliphatic rings. The van der Waals surface area contributed by atoms with E-state index >= 15 is 0 Å². The Hall–Kier alpha value is -1.42. The molecular weight excluding hydrogens is 276 g/mol. The van der Waals surface area contributed by atoms with E-state index in [2.05, 4.69) is 11.0 Å². The molecule has 6 heteroatoms. The molecule has 0 saturated carbocycles. The number of sulfone groups is 1. The molecule has 0 N–H and O–H groups in total. The van der Waals surface area contributed by atoms with E-state index in [4.69, 9.17) is 4.74 Å². The molecular formula is C14H16N2O3S. The second-order valence-corrected chi connectivity index (χ2v) is 7.21. The van der Waals surface area contributed by atoms with Crippen molar-refractivity contribution in [3.8, 4) is 6.07 Å². The van der Waals surface area contributed by atoms with Crippen molar-refractivity contribution in [2.45, 2.75) is 16.9 Å². The van der Waals surface area contributed by atoms with Gasteiger partial charge in [0.25, 0.3) is 0 Å². The number of nitriles is 1. The fraction of sp³-hybridized carbons (Fsp3) is 0.500. The Morgan fingerprint density at radius 1 is 1.25 bits per heavy atom. The summed E-state index contributed by atoms with van der Waals surface area (Å²) in [5.74, 6) is 0.0227. The van der Waals surface area contributed by atoms with Gasteiger partial charge in [-0.15, -0.1) is 0 Å². The third kappa shape index (κ3) is 1.94. The van der Waals surface area contributed by atoms with E-state index in [1.54, 1.807) is 24.3 Å². The smallest absolute Gasteiger partial charge is 0.178 e. The first kappa shape index (κ1) is 13.6. The van der Waals surface area contributed by atoms with E-state index in [9.17, 15) is 13.7 Å². The molecule has 3 rings (SSSR count). The highest BCUT2D eigenvalue weighted by Gasteiger charge is 2.46. The monoisotopic (exact) mass is 292 g/mol. The van der Waals surface area contributed by atoms with E-state index < -0.39 is 15.4 Å². The topological polar surface area (TPSA) is 70.4 Å². The number of hydrogen-bond acceptors (Lipinski definition) is 5. The van der Waals surface area contributed by atoms with Crippen molar-refractivity contribution < 1.29 is 13.2 Å². The molecule has 1 fully saturated rings. The molecule has 1 saturated heterocycles. The van der Waals surface area contributed by atoms with Crippen LogP contribution < -0.4 is 0 Å². The number of hydrogen-bond donors (Lipinski definition) is 0. The van der Waals surface area contributed by atoms with Gasteiger partial charge in [0.15, 0.2) is 9.84 Å². The third-order valence-corrected chi connectivity index (χ3v) is 5.90. The summed E-state index contributed by atoms with van der Waals surface area (Å²) < 4.78 is 29.8. The van der Waals surface area contributed by atoms with Crippen LogP contribution in [0.1, 0.15) is 12.0 Å². The number of fused-ring (bicyclic) bond motifs is 1. The Labute approximate surface area is 118 Å². The summed E-state index contributed by atoms with van der Waals surface area (Å²) >= 11 is 0. The number of rotatable bonds is 1. The average molecular weight is 292 g/mol. The van der Waals surface area contributed by atoms with Crippen LogP contribution in [-0.4, -0.2) is 45.4 Å². The SMILES string of the molecule is N#CC1(N2CCOCC2)CCS(=O)(=O)c2ccccc21. The van der Waals surface area contributed by atoms with Crippen molar-refractivity contribution in [3.05, 3.63) is 29.8 Å². The van der Waals surface area contributed by atoms with Gasteiger partial charge >= 0.3 is 0 Å². The summed E-state index contributed by atoms with van der Waals surface area (Å²) in [6.45, 7) is 2.47. The molecule has 20 heavy (non-hydrogen) atoms. The maximum atomic E-state index is 12.2. The standard InChI is InChI=1S/C14H16N2O3S/c15-11-14(16-6-8-19-9-7-16)5-10-20(17,18)13-4-2-1-3-12(13)14/h1-4H,5-10H2. The zero-order valence-electron chi connectivity index (χ0n) is 11.1. The van der Waals surface area contributed by atoms with Crippen molar-refractivity contribution in [3.63, 3.8) is 0 Å². The van der Waals surface area contributed by atoms with Crippen LogP contribution in [0.2, 0.25) is 0 Å².